The van der Waals surface area contributed by atoms with E-state index < -0.39 is 29.6 Å². The Morgan fingerprint density at radius 3 is 2.50 bits per heavy atom. The zero-order chi connectivity index (χ0) is 24.5. The van der Waals surface area contributed by atoms with Crippen LogP contribution in [-0.4, -0.2) is 45.2 Å². The lowest BCUT2D eigenvalue weighted by Crippen LogP contribution is -2.27. The Bertz CT molecular complexity index is 1210. The molecule has 9 nitrogen and oxygen atoms in total. The van der Waals surface area contributed by atoms with E-state index in [0.29, 0.717) is 11.4 Å². The number of thioether (sulfide) groups is 1. The maximum absolute atomic E-state index is 12.9. The Hall–Kier alpha value is -4.17. The Labute approximate surface area is 198 Å². The summed E-state index contributed by atoms with van der Waals surface area (Å²) in [4.78, 5) is 36.6. The van der Waals surface area contributed by atoms with Crippen molar-refractivity contribution in [2.24, 2.45) is 0 Å². The number of anilines is 2. The summed E-state index contributed by atoms with van der Waals surface area (Å²) in [5.41, 5.74) is 1.23. The van der Waals surface area contributed by atoms with Crippen LogP contribution in [0.2, 0.25) is 0 Å². The molecule has 34 heavy (non-hydrogen) atoms. The number of ether oxygens (including phenoxy) is 1. The van der Waals surface area contributed by atoms with Crippen LogP contribution in [0.3, 0.4) is 0 Å². The zero-order valence-electron chi connectivity index (χ0n) is 18.0. The number of aromatic nitrogens is 2. The second-order valence-corrected chi connectivity index (χ2v) is 8.26. The van der Waals surface area contributed by atoms with E-state index in [1.807, 2.05) is 12.1 Å². The van der Waals surface area contributed by atoms with Crippen molar-refractivity contribution in [2.45, 2.75) is 12.2 Å². The van der Waals surface area contributed by atoms with Crippen molar-refractivity contribution in [3.05, 3.63) is 72.2 Å². The molecule has 0 saturated heterocycles. The highest BCUT2D eigenvalue weighted by molar-refractivity contribution is 8.01. The standard InChI is InChI=1S/C23H20FN5O4S/c1-15(34-14-21(31)27-18-9-7-17(24)8-10-18)23(32)33-13-20(30)28-22-16(11-25)12-26-29(22)19-5-3-2-4-6-19/h2-10,12,15H,13-14H2,1H3,(H,27,31)(H,28,30). The molecule has 1 heterocycles. The minimum Gasteiger partial charge on any atom is -0.455 e. The van der Waals surface area contributed by atoms with Crippen LogP contribution in [0.4, 0.5) is 15.9 Å². The second-order valence-electron chi connectivity index (χ2n) is 6.93. The number of benzene rings is 2. The molecule has 1 atom stereocenters. The highest BCUT2D eigenvalue weighted by atomic mass is 32.2. The van der Waals surface area contributed by atoms with Gasteiger partial charge in [0.15, 0.2) is 12.4 Å². The van der Waals surface area contributed by atoms with Crippen molar-refractivity contribution in [3.8, 4) is 11.8 Å². The number of carbonyl (C=O) groups excluding carboxylic acids is 3. The first kappa shape index (κ1) is 24.5. The SMILES string of the molecule is CC(SCC(=O)Nc1ccc(F)cc1)C(=O)OCC(=O)Nc1c(C#N)cnn1-c1ccccc1. The van der Waals surface area contributed by atoms with Crippen molar-refractivity contribution in [1.82, 2.24) is 9.78 Å². The number of amides is 2. The number of nitriles is 1. The van der Waals surface area contributed by atoms with E-state index in [2.05, 4.69) is 15.7 Å². The van der Waals surface area contributed by atoms with Gasteiger partial charge < -0.3 is 15.4 Å². The van der Waals surface area contributed by atoms with Gasteiger partial charge in [0.1, 0.15) is 22.7 Å². The number of halogens is 1. The maximum Gasteiger partial charge on any atom is 0.319 e. The van der Waals surface area contributed by atoms with Gasteiger partial charge in [-0.25, -0.2) is 9.07 Å². The Morgan fingerprint density at radius 2 is 1.82 bits per heavy atom. The monoisotopic (exact) mass is 481 g/mol. The van der Waals surface area contributed by atoms with Crippen LogP contribution < -0.4 is 10.6 Å². The lowest BCUT2D eigenvalue weighted by molar-refractivity contribution is -0.146. The van der Waals surface area contributed by atoms with Crippen LogP contribution in [-0.2, 0) is 19.1 Å². The third-order valence-corrected chi connectivity index (χ3v) is 5.54. The van der Waals surface area contributed by atoms with Gasteiger partial charge in [0.25, 0.3) is 5.91 Å². The number of esters is 1. The summed E-state index contributed by atoms with van der Waals surface area (Å²) in [6, 6.07) is 16.2. The lowest BCUT2D eigenvalue weighted by Gasteiger charge is -2.12. The molecule has 0 radical (unpaired) electrons. The summed E-state index contributed by atoms with van der Waals surface area (Å²) in [7, 11) is 0. The van der Waals surface area contributed by atoms with E-state index in [1.165, 1.54) is 35.1 Å². The third kappa shape index (κ3) is 6.66. The topological polar surface area (TPSA) is 126 Å². The summed E-state index contributed by atoms with van der Waals surface area (Å²) in [5.74, 6) is -1.98. The van der Waals surface area contributed by atoms with E-state index in [9.17, 15) is 24.0 Å². The van der Waals surface area contributed by atoms with Crippen LogP contribution in [0, 0.1) is 17.1 Å². The van der Waals surface area contributed by atoms with Gasteiger partial charge in [-0.05, 0) is 43.3 Å². The molecule has 0 aliphatic heterocycles. The smallest absolute Gasteiger partial charge is 0.319 e. The van der Waals surface area contributed by atoms with Crippen LogP contribution in [0.5, 0.6) is 0 Å². The molecule has 11 heteroatoms. The molecule has 174 valence electrons. The van der Waals surface area contributed by atoms with Gasteiger partial charge in [-0.15, -0.1) is 11.8 Å². The number of nitrogens with zero attached hydrogens (tertiary/aromatic N) is 3. The van der Waals surface area contributed by atoms with Crippen LogP contribution in [0.15, 0.2) is 60.8 Å². The summed E-state index contributed by atoms with van der Waals surface area (Å²) in [6.07, 6.45) is 1.32. The van der Waals surface area contributed by atoms with Gasteiger partial charge in [0, 0.05) is 5.69 Å². The second kappa shape index (κ2) is 11.6. The van der Waals surface area contributed by atoms with E-state index >= 15 is 0 Å². The van der Waals surface area contributed by atoms with Gasteiger partial charge in [-0.3, -0.25) is 14.4 Å². The van der Waals surface area contributed by atoms with E-state index in [4.69, 9.17) is 4.74 Å². The Kier molecular flexibility index (Phi) is 8.37. The Balaban J connectivity index is 1.48. The predicted octanol–water partition coefficient (Wildman–Crippen LogP) is 3.13. The molecule has 0 aliphatic rings. The van der Waals surface area contributed by atoms with Gasteiger partial charge in [0.2, 0.25) is 5.91 Å². The number of para-hydroxylation sites is 1. The lowest BCUT2D eigenvalue weighted by atomic mass is 10.3. The Morgan fingerprint density at radius 1 is 1.12 bits per heavy atom. The molecule has 2 amide bonds. The van der Waals surface area contributed by atoms with Crippen molar-refractivity contribution in [3.63, 3.8) is 0 Å². The maximum atomic E-state index is 12.9. The van der Waals surface area contributed by atoms with E-state index in [1.54, 1.807) is 31.2 Å². The fourth-order valence-corrected chi connectivity index (χ4v) is 3.41. The molecule has 0 spiro atoms. The number of nitrogens with one attached hydrogen (secondary N) is 2. The average Bonchev–Trinajstić information content (AvgIpc) is 3.25. The predicted molar refractivity (Wildman–Crippen MR) is 125 cm³/mol. The molecular weight excluding hydrogens is 461 g/mol. The highest BCUT2D eigenvalue weighted by Crippen LogP contribution is 2.20. The van der Waals surface area contributed by atoms with Gasteiger partial charge in [-0.2, -0.15) is 10.4 Å². The molecule has 1 aromatic heterocycles. The van der Waals surface area contributed by atoms with Crippen LogP contribution in [0.25, 0.3) is 5.69 Å². The normalized spacial score (nSPS) is 11.2. The molecule has 0 fully saturated rings. The molecule has 0 saturated carbocycles. The minimum absolute atomic E-state index is 0.0401. The molecule has 2 N–H and O–H groups in total. The summed E-state index contributed by atoms with van der Waals surface area (Å²) in [6.45, 7) is 0.977. The summed E-state index contributed by atoms with van der Waals surface area (Å²) < 4.78 is 19.4. The molecular formula is C23H20FN5O4S. The molecule has 3 rings (SSSR count). The minimum atomic E-state index is -0.712. The third-order valence-electron chi connectivity index (χ3n) is 4.42. The van der Waals surface area contributed by atoms with Crippen LogP contribution in [0.1, 0.15) is 12.5 Å². The fraction of sp³-hybridized carbons (Fsp3) is 0.174. The first-order valence-electron chi connectivity index (χ1n) is 10.0. The fourth-order valence-electron chi connectivity index (χ4n) is 2.74. The molecule has 0 bridgehead atoms. The van der Waals surface area contributed by atoms with Crippen molar-refractivity contribution >= 4 is 41.1 Å². The van der Waals surface area contributed by atoms with Crippen LogP contribution >= 0.6 is 11.8 Å². The molecule has 2 aromatic carbocycles. The van der Waals surface area contributed by atoms with E-state index in [-0.39, 0.29) is 23.0 Å². The number of carbonyl (C=O) groups is 3. The summed E-state index contributed by atoms with van der Waals surface area (Å²) >= 11 is 1.03. The van der Waals surface area contributed by atoms with Crippen molar-refractivity contribution < 1.29 is 23.5 Å². The van der Waals surface area contributed by atoms with Crippen molar-refractivity contribution in [2.75, 3.05) is 23.0 Å². The van der Waals surface area contributed by atoms with Crippen molar-refractivity contribution in [1.29, 1.82) is 5.26 Å². The number of hydrogen-bond acceptors (Lipinski definition) is 7. The number of hydrogen-bond donors (Lipinski definition) is 2. The zero-order valence-corrected chi connectivity index (χ0v) is 18.8. The van der Waals surface area contributed by atoms with Gasteiger partial charge in [-0.1, -0.05) is 18.2 Å². The molecule has 0 aliphatic carbocycles. The molecule has 3 aromatic rings. The number of rotatable bonds is 9. The average molecular weight is 482 g/mol. The first-order valence-corrected chi connectivity index (χ1v) is 11.1. The quantitative estimate of drug-likeness (QED) is 0.450. The first-order chi connectivity index (χ1) is 16.4. The van der Waals surface area contributed by atoms with Gasteiger partial charge >= 0.3 is 5.97 Å². The van der Waals surface area contributed by atoms with E-state index in [0.717, 1.165) is 11.8 Å². The summed E-state index contributed by atoms with van der Waals surface area (Å²) in [5, 5.41) is 17.8. The van der Waals surface area contributed by atoms with Gasteiger partial charge in [0.05, 0.1) is 17.6 Å². The highest BCUT2D eigenvalue weighted by Gasteiger charge is 2.20. The largest absolute Gasteiger partial charge is 0.455 e. The molecule has 1 unspecified atom stereocenters.